The van der Waals surface area contributed by atoms with E-state index in [-0.39, 0.29) is 5.91 Å². The lowest BCUT2D eigenvalue weighted by Gasteiger charge is -2.33. The molecule has 1 aromatic rings. The maximum Gasteiger partial charge on any atom is 0.254 e. The van der Waals surface area contributed by atoms with E-state index in [1.165, 1.54) is 0 Å². The Morgan fingerprint density at radius 2 is 2.00 bits per heavy atom. The summed E-state index contributed by atoms with van der Waals surface area (Å²) in [6.45, 7) is 0.592. The van der Waals surface area contributed by atoms with E-state index in [4.69, 9.17) is 5.73 Å². The van der Waals surface area contributed by atoms with Crippen molar-refractivity contribution in [2.45, 2.75) is 25.3 Å². The van der Waals surface area contributed by atoms with Gasteiger partial charge in [0.05, 0.1) is 0 Å². The summed E-state index contributed by atoms with van der Waals surface area (Å²) in [4.78, 5) is 29.0. The van der Waals surface area contributed by atoms with Crippen molar-refractivity contribution in [2.24, 2.45) is 5.73 Å². The van der Waals surface area contributed by atoms with Gasteiger partial charge in [0.25, 0.3) is 5.91 Å². The molecule has 1 unspecified atom stereocenters. The predicted molar refractivity (Wildman–Crippen MR) is 62.1 cm³/mol. The van der Waals surface area contributed by atoms with Gasteiger partial charge < -0.3 is 10.6 Å². The summed E-state index contributed by atoms with van der Waals surface area (Å²) >= 11 is 0. The highest BCUT2D eigenvalue weighted by molar-refractivity contribution is 5.97. The molecule has 0 spiro atoms. The second-order valence-corrected chi connectivity index (χ2v) is 4.15. The molecule has 1 fully saturated rings. The molecular weight excluding hydrogens is 218 g/mol. The molecule has 90 valence electrons. The summed E-state index contributed by atoms with van der Waals surface area (Å²) in [5.41, 5.74) is 5.88. The third-order valence-electron chi connectivity index (χ3n) is 3.02. The second kappa shape index (κ2) is 4.95. The van der Waals surface area contributed by atoms with Crippen LogP contribution in [0, 0.1) is 0 Å². The van der Waals surface area contributed by atoms with Gasteiger partial charge in [0.1, 0.15) is 6.04 Å². The van der Waals surface area contributed by atoms with Crippen LogP contribution in [0.5, 0.6) is 0 Å². The number of carbonyl (C=O) groups is 2. The predicted octanol–water partition coefficient (Wildman–Crippen LogP) is 0.562. The van der Waals surface area contributed by atoms with Crippen molar-refractivity contribution in [2.75, 3.05) is 6.54 Å². The van der Waals surface area contributed by atoms with Gasteiger partial charge >= 0.3 is 0 Å². The van der Waals surface area contributed by atoms with Crippen LogP contribution in [0.25, 0.3) is 0 Å². The number of hydrogen-bond acceptors (Lipinski definition) is 3. The molecule has 1 saturated heterocycles. The van der Waals surface area contributed by atoms with Crippen LogP contribution in [0.15, 0.2) is 24.5 Å². The van der Waals surface area contributed by atoms with Gasteiger partial charge in [-0.2, -0.15) is 0 Å². The van der Waals surface area contributed by atoms with Gasteiger partial charge in [-0.25, -0.2) is 0 Å². The molecule has 0 aliphatic carbocycles. The zero-order valence-corrected chi connectivity index (χ0v) is 9.50. The number of rotatable bonds is 2. The van der Waals surface area contributed by atoms with E-state index >= 15 is 0 Å². The number of nitrogens with zero attached hydrogens (tertiary/aromatic N) is 2. The van der Waals surface area contributed by atoms with E-state index in [2.05, 4.69) is 4.98 Å². The van der Waals surface area contributed by atoms with Gasteiger partial charge in [-0.1, -0.05) is 0 Å². The topological polar surface area (TPSA) is 76.3 Å². The Labute approximate surface area is 99.6 Å². The summed E-state index contributed by atoms with van der Waals surface area (Å²) in [5, 5.41) is 0. The molecule has 0 radical (unpaired) electrons. The molecule has 5 nitrogen and oxygen atoms in total. The van der Waals surface area contributed by atoms with Crippen LogP contribution in [0.1, 0.15) is 29.6 Å². The standard InChI is InChI=1S/C12H15N3O2/c13-11(16)10-3-1-2-8-15(10)12(17)9-4-6-14-7-5-9/h4-7,10H,1-3,8H2,(H2,13,16). The molecule has 1 atom stereocenters. The number of piperidine rings is 1. The monoisotopic (exact) mass is 233 g/mol. The third-order valence-corrected chi connectivity index (χ3v) is 3.02. The molecule has 17 heavy (non-hydrogen) atoms. The van der Waals surface area contributed by atoms with Crippen molar-refractivity contribution in [3.8, 4) is 0 Å². The molecule has 1 aliphatic rings. The summed E-state index contributed by atoms with van der Waals surface area (Å²) in [5.74, 6) is -0.567. The smallest absolute Gasteiger partial charge is 0.254 e. The minimum Gasteiger partial charge on any atom is -0.368 e. The molecule has 1 aromatic heterocycles. The fourth-order valence-electron chi connectivity index (χ4n) is 2.13. The van der Waals surface area contributed by atoms with Gasteiger partial charge in [0.15, 0.2) is 0 Å². The maximum absolute atomic E-state index is 12.2. The fraction of sp³-hybridized carbons (Fsp3) is 0.417. The number of pyridine rings is 1. The lowest BCUT2D eigenvalue weighted by molar-refractivity contribution is -0.123. The molecule has 1 aliphatic heterocycles. The minimum absolute atomic E-state index is 0.143. The number of carbonyl (C=O) groups excluding carboxylic acids is 2. The zero-order chi connectivity index (χ0) is 12.3. The van der Waals surface area contributed by atoms with Gasteiger partial charge in [-0.05, 0) is 31.4 Å². The zero-order valence-electron chi connectivity index (χ0n) is 9.50. The van der Waals surface area contributed by atoms with Crippen LogP contribution >= 0.6 is 0 Å². The van der Waals surface area contributed by atoms with Crippen LogP contribution in [-0.4, -0.2) is 34.3 Å². The molecule has 0 bridgehead atoms. The molecule has 2 amide bonds. The highest BCUT2D eigenvalue weighted by atomic mass is 16.2. The van der Waals surface area contributed by atoms with Crippen molar-refractivity contribution in [1.82, 2.24) is 9.88 Å². The van der Waals surface area contributed by atoms with E-state index in [0.29, 0.717) is 18.5 Å². The molecule has 2 heterocycles. The van der Waals surface area contributed by atoms with Gasteiger partial charge in [0.2, 0.25) is 5.91 Å². The van der Waals surface area contributed by atoms with Crippen LogP contribution in [0.4, 0.5) is 0 Å². The quantitative estimate of drug-likeness (QED) is 0.811. The van der Waals surface area contributed by atoms with Crippen molar-refractivity contribution in [3.05, 3.63) is 30.1 Å². The first-order chi connectivity index (χ1) is 8.20. The van der Waals surface area contributed by atoms with Crippen molar-refractivity contribution < 1.29 is 9.59 Å². The second-order valence-electron chi connectivity index (χ2n) is 4.15. The molecular formula is C12H15N3O2. The van der Waals surface area contributed by atoms with E-state index in [1.807, 2.05) is 0 Å². The molecule has 0 aromatic carbocycles. The van der Waals surface area contributed by atoms with Crippen molar-refractivity contribution in [3.63, 3.8) is 0 Å². The Bertz CT molecular complexity index is 419. The largest absolute Gasteiger partial charge is 0.368 e. The minimum atomic E-state index is -0.468. The van der Waals surface area contributed by atoms with E-state index in [9.17, 15) is 9.59 Å². The van der Waals surface area contributed by atoms with E-state index in [1.54, 1.807) is 29.4 Å². The number of amides is 2. The van der Waals surface area contributed by atoms with Gasteiger partial charge in [-0.3, -0.25) is 14.6 Å². The molecule has 0 saturated carbocycles. The van der Waals surface area contributed by atoms with Gasteiger partial charge in [-0.15, -0.1) is 0 Å². The number of nitrogens with two attached hydrogens (primary N) is 1. The van der Waals surface area contributed by atoms with E-state index in [0.717, 1.165) is 12.8 Å². The number of likely N-dealkylation sites (tertiary alicyclic amines) is 1. The van der Waals surface area contributed by atoms with Crippen LogP contribution in [-0.2, 0) is 4.79 Å². The van der Waals surface area contributed by atoms with Crippen LogP contribution in [0.3, 0.4) is 0 Å². The van der Waals surface area contributed by atoms with E-state index < -0.39 is 11.9 Å². The van der Waals surface area contributed by atoms with Gasteiger partial charge in [0, 0.05) is 24.5 Å². The summed E-state index contributed by atoms with van der Waals surface area (Å²) in [6.07, 6.45) is 5.65. The highest BCUT2D eigenvalue weighted by Crippen LogP contribution is 2.19. The number of aromatic nitrogens is 1. The normalized spacial score (nSPS) is 20.0. The SMILES string of the molecule is NC(=O)C1CCCCN1C(=O)c1ccncc1. The van der Waals surface area contributed by atoms with Crippen LogP contribution in [0.2, 0.25) is 0 Å². The molecule has 2 N–H and O–H groups in total. The first kappa shape index (κ1) is 11.6. The summed E-state index contributed by atoms with van der Waals surface area (Å²) in [6, 6.07) is 2.83. The Morgan fingerprint density at radius 3 is 2.65 bits per heavy atom. The summed E-state index contributed by atoms with van der Waals surface area (Å²) < 4.78 is 0. The Kier molecular flexibility index (Phi) is 3.37. The number of hydrogen-bond donors (Lipinski definition) is 1. The molecule has 2 rings (SSSR count). The average molecular weight is 233 g/mol. The lowest BCUT2D eigenvalue weighted by atomic mass is 10.0. The highest BCUT2D eigenvalue weighted by Gasteiger charge is 2.30. The van der Waals surface area contributed by atoms with Crippen molar-refractivity contribution >= 4 is 11.8 Å². The number of primary amides is 1. The summed E-state index contributed by atoms with van der Waals surface area (Å²) in [7, 11) is 0. The first-order valence-corrected chi connectivity index (χ1v) is 5.70. The first-order valence-electron chi connectivity index (χ1n) is 5.70. The van der Waals surface area contributed by atoms with Crippen molar-refractivity contribution in [1.29, 1.82) is 0 Å². The third kappa shape index (κ3) is 2.43. The fourth-order valence-corrected chi connectivity index (χ4v) is 2.13. The Hall–Kier alpha value is -1.91. The Morgan fingerprint density at radius 1 is 1.29 bits per heavy atom. The average Bonchev–Trinajstić information content (AvgIpc) is 2.39. The maximum atomic E-state index is 12.2. The molecule has 5 heteroatoms. The Balaban J connectivity index is 2.20. The van der Waals surface area contributed by atoms with Crippen LogP contribution < -0.4 is 5.73 Å². The lowest BCUT2D eigenvalue weighted by Crippen LogP contribution is -2.50.